The molecule has 124 valence electrons. The van der Waals surface area contributed by atoms with E-state index in [0.29, 0.717) is 12.3 Å². The Labute approximate surface area is 141 Å². The van der Waals surface area contributed by atoms with Crippen LogP contribution in [0.5, 0.6) is 0 Å². The van der Waals surface area contributed by atoms with Crippen LogP contribution in [0.4, 0.5) is 0 Å². The van der Waals surface area contributed by atoms with E-state index in [2.05, 4.69) is 34.5 Å². The first-order chi connectivity index (χ1) is 11.3. The standard InChI is InChI=1S/C17H23N3O2S/c1-3-5-6-7-12-23-14-10-8-13(9-11-14)15-16(19-20-18-15)17(21)22-4-2/h8-11H,3-7,12H2,1-2H3,(H,18,19,20). The van der Waals surface area contributed by atoms with Gasteiger partial charge in [-0.1, -0.05) is 38.3 Å². The summed E-state index contributed by atoms with van der Waals surface area (Å²) in [6.45, 7) is 4.31. The molecule has 0 radical (unpaired) electrons. The summed E-state index contributed by atoms with van der Waals surface area (Å²) in [7, 11) is 0. The van der Waals surface area contributed by atoms with Crippen molar-refractivity contribution in [3.63, 3.8) is 0 Å². The van der Waals surface area contributed by atoms with E-state index in [0.717, 1.165) is 11.3 Å². The Hall–Kier alpha value is -1.82. The highest BCUT2D eigenvalue weighted by Crippen LogP contribution is 2.25. The molecule has 0 aliphatic rings. The van der Waals surface area contributed by atoms with E-state index >= 15 is 0 Å². The molecule has 1 aromatic carbocycles. The molecule has 1 heterocycles. The Bertz CT molecular complexity index is 611. The van der Waals surface area contributed by atoms with Crippen molar-refractivity contribution in [2.45, 2.75) is 44.4 Å². The summed E-state index contributed by atoms with van der Waals surface area (Å²) >= 11 is 1.86. The molecule has 1 aromatic heterocycles. The number of nitrogens with one attached hydrogen (secondary N) is 1. The number of thioether (sulfide) groups is 1. The first-order valence-electron chi connectivity index (χ1n) is 8.07. The number of aromatic amines is 1. The van der Waals surface area contributed by atoms with E-state index in [1.54, 1.807) is 6.92 Å². The van der Waals surface area contributed by atoms with Gasteiger partial charge in [0.1, 0.15) is 5.69 Å². The van der Waals surface area contributed by atoms with Gasteiger partial charge in [-0.25, -0.2) is 4.79 Å². The predicted octanol–water partition coefficient (Wildman–Crippen LogP) is 4.32. The monoisotopic (exact) mass is 333 g/mol. The zero-order valence-electron chi connectivity index (χ0n) is 13.7. The van der Waals surface area contributed by atoms with Crippen LogP contribution in [0, 0.1) is 0 Å². The number of H-pyrrole nitrogens is 1. The van der Waals surface area contributed by atoms with Gasteiger partial charge in [-0.3, -0.25) is 0 Å². The highest BCUT2D eigenvalue weighted by molar-refractivity contribution is 7.99. The van der Waals surface area contributed by atoms with Crippen molar-refractivity contribution < 1.29 is 9.53 Å². The first kappa shape index (κ1) is 17.5. The molecule has 0 saturated heterocycles. The summed E-state index contributed by atoms with van der Waals surface area (Å²) in [6.07, 6.45) is 5.11. The summed E-state index contributed by atoms with van der Waals surface area (Å²) < 4.78 is 4.99. The van der Waals surface area contributed by atoms with E-state index in [1.165, 1.54) is 30.6 Å². The molecule has 6 heteroatoms. The summed E-state index contributed by atoms with van der Waals surface area (Å²) in [4.78, 5) is 13.1. The maximum Gasteiger partial charge on any atom is 0.361 e. The van der Waals surface area contributed by atoms with Crippen molar-refractivity contribution in [2.75, 3.05) is 12.4 Å². The molecule has 1 N–H and O–H groups in total. The number of hydrogen-bond donors (Lipinski definition) is 1. The molecular weight excluding hydrogens is 310 g/mol. The van der Waals surface area contributed by atoms with Crippen LogP contribution in [0.2, 0.25) is 0 Å². The van der Waals surface area contributed by atoms with Crippen LogP contribution in [0.25, 0.3) is 11.3 Å². The lowest BCUT2D eigenvalue weighted by Crippen LogP contribution is -2.06. The van der Waals surface area contributed by atoms with Gasteiger partial charge in [-0.05, 0) is 31.2 Å². The van der Waals surface area contributed by atoms with Crippen LogP contribution in [-0.4, -0.2) is 33.7 Å². The molecule has 5 nitrogen and oxygen atoms in total. The minimum absolute atomic E-state index is 0.229. The van der Waals surface area contributed by atoms with Crippen LogP contribution in [-0.2, 0) is 4.74 Å². The van der Waals surface area contributed by atoms with Crippen LogP contribution in [0.1, 0.15) is 50.0 Å². The highest BCUT2D eigenvalue weighted by atomic mass is 32.2. The van der Waals surface area contributed by atoms with Gasteiger partial charge in [-0.15, -0.1) is 16.9 Å². The maximum atomic E-state index is 11.8. The number of hydrogen-bond acceptors (Lipinski definition) is 5. The van der Waals surface area contributed by atoms with Gasteiger partial charge in [0.05, 0.1) is 6.61 Å². The van der Waals surface area contributed by atoms with Crippen molar-refractivity contribution >= 4 is 17.7 Å². The molecule has 2 rings (SSSR count). The molecular formula is C17H23N3O2S. The van der Waals surface area contributed by atoms with Crippen molar-refractivity contribution in [2.24, 2.45) is 0 Å². The number of ether oxygens (including phenoxy) is 1. The third kappa shape index (κ3) is 5.10. The van der Waals surface area contributed by atoms with Gasteiger partial charge in [0, 0.05) is 10.5 Å². The highest BCUT2D eigenvalue weighted by Gasteiger charge is 2.18. The summed E-state index contributed by atoms with van der Waals surface area (Å²) in [5.74, 6) is 0.683. The zero-order valence-corrected chi connectivity index (χ0v) is 14.5. The Balaban J connectivity index is 1.97. The SMILES string of the molecule is CCCCCCSc1ccc(-c2n[nH]nc2C(=O)OCC)cc1. The average molecular weight is 333 g/mol. The van der Waals surface area contributed by atoms with Crippen LogP contribution in [0.3, 0.4) is 0 Å². The molecule has 0 atom stereocenters. The average Bonchev–Trinajstić information content (AvgIpc) is 3.05. The molecule has 0 spiro atoms. The molecule has 0 bridgehead atoms. The van der Waals surface area contributed by atoms with Gasteiger partial charge in [0.2, 0.25) is 0 Å². The Morgan fingerprint density at radius 1 is 1.13 bits per heavy atom. The van der Waals surface area contributed by atoms with E-state index in [9.17, 15) is 4.79 Å². The van der Waals surface area contributed by atoms with Gasteiger partial charge in [0.25, 0.3) is 0 Å². The van der Waals surface area contributed by atoms with E-state index in [4.69, 9.17) is 4.74 Å². The number of unbranched alkanes of at least 4 members (excludes halogenated alkanes) is 3. The smallest absolute Gasteiger partial charge is 0.361 e. The quantitative estimate of drug-likeness (QED) is 0.420. The lowest BCUT2D eigenvalue weighted by Gasteiger charge is -2.04. The number of nitrogens with zero attached hydrogens (tertiary/aromatic N) is 2. The minimum atomic E-state index is -0.453. The van der Waals surface area contributed by atoms with Gasteiger partial charge < -0.3 is 4.74 Å². The fourth-order valence-electron chi connectivity index (χ4n) is 2.20. The van der Waals surface area contributed by atoms with Crippen molar-refractivity contribution in [3.05, 3.63) is 30.0 Å². The van der Waals surface area contributed by atoms with Crippen molar-refractivity contribution in [1.29, 1.82) is 0 Å². The van der Waals surface area contributed by atoms with Gasteiger partial charge in [0.15, 0.2) is 5.69 Å². The first-order valence-corrected chi connectivity index (χ1v) is 9.06. The zero-order chi connectivity index (χ0) is 16.5. The Morgan fingerprint density at radius 3 is 2.61 bits per heavy atom. The summed E-state index contributed by atoms with van der Waals surface area (Å²) in [6, 6.07) is 8.05. The largest absolute Gasteiger partial charge is 0.461 e. The normalized spacial score (nSPS) is 10.7. The molecule has 0 aliphatic carbocycles. The van der Waals surface area contributed by atoms with Crippen LogP contribution in [0.15, 0.2) is 29.2 Å². The predicted molar refractivity (Wildman–Crippen MR) is 92.6 cm³/mol. The van der Waals surface area contributed by atoms with E-state index in [-0.39, 0.29) is 5.69 Å². The Kier molecular flexibility index (Phi) is 7.13. The molecule has 0 unspecified atom stereocenters. The van der Waals surface area contributed by atoms with Gasteiger partial charge in [-0.2, -0.15) is 10.3 Å². The molecule has 0 saturated carbocycles. The third-order valence-corrected chi connectivity index (χ3v) is 4.51. The molecule has 2 aromatic rings. The molecule has 0 fully saturated rings. The van der Waals surface area contributed by atoms with Crippen LogP contribution < -0.4 is 0 Å². The maximum absolute atomic E-state index is 11.8. The third-order valence-electron chi connectivity index (χ3n) is 3.41. The van der Waals surface area contributed by atoms with E-state index < -0.39 is 5.97 Å². The molecule has 0 amide bonds. The lowest BCUT2D eigenvalue weighted by atomic mass is 10.1. The van der Waals surface area contributed by atoms with Gasteiger partial charge >= 0.3 is 5.97 Å². The number of carbonyl (C=O) groups excluding carboxylic acids is 1. The number of benzene rings is 1. The number of rotatable bonds is 9. The lowest BCUT2D eigenvalue weighted by molar-refractivity contribution is 0.0520. The van der Waals surface area contributed by atoms with Crippen molar-refractivity contribution in [3.8, 4) is 11.3 Å². The molecule has 23 heavy (non-hydrogen) atoms. The number of carbonyl (C=O) groups is 1. The van der Waals surface area contributed by atoms with Crippen molar-refractivity contribution in [1.82, 2.24) is 15.4 Å². The fourth-order valence-corrected chi connectivity index (χ4v) is 3.11. The second kappa shape index (κ2) is 9.35. The minimum Gasteiger partial charge on any atom is -0.461 e. The van der Waals surface area contributed by atoms with Crippen LogP contribution >= 0.6 is 11.8 Å². The summed E-state index contributed by atoms with van der Waals surface area (Å²) in [5.41, 5.74) is 1.62. The fraction of sp³-hybridized carbons (Fsp3) is 0.471. The Morgan fingerprint density at radius 2 is 1.91 bits per heavy atom. The second-order valence-corrected chi connectivity index (χ2v) is 6.34. The molecule has 0 aliphatic heterocycles. The topological polar surface area (TPSA) is 67.9 Å². The number of aromatic nitrogens is 3. The van der Waals surface area contributed by atoms with E-state index in [1.807, 2.05) is 23.9 Å². The number of esters is 1. The summed E-state index contributed by atoms with van der Waals surface area (Å²) in [5, 5.41) is 10.5. The second-order valence-electron chi connectivity index (χ2n) is 5.17.